The van der Waals surface area contributed by atoms with Crippen LogP contribution in [0.3, 0.4) is 0 Å². The molecule has 3 saturated heterocycles. The van der Waals surface area contributed by atoms with Gasteiger partial charge in [-0.3, -0.25) is 0 Å². The Morgan fingerprint density at radius 1 is 0.544 bits per heavy atom. The molecule has 6 N–H and O–H groups in total. The van der Waals surface area contributed by atoms with Crippen molar-refractivity contribution in [1.82, 2.24) is 14.7 Å². The largest absolute Gasteiger partial charge is 0.378 e. The van der Waals surface area contributed by atoms with Gasteiger partial charge in [0.25, 0.3) is 0 Å². The lowest BCUT2D eigenvalue weighted by molar-refractivity contribution is 0.122. The van der Waals surface area contributed by atoms with Crippen molar-refractivity contribution in [3.8, 4) is 0 Å². The van der Waals surface area contributed by atoms with Crippen molar-refractivity contribution in [2.75, 3.05) is 136 Å². The minimum atomic E-state index is 0.469. The molecule has 0 amide bonds. The summed E-state index contributed by atoms with van der Waals surface area (Å²) in [6.07, 6.45) is 0. The SMILES string of the molecule is CN(C)C(N)=Nc1ccc(Cl)cc1N1CCOCC1.Cc1ccc(N2CCOCC2)c(N=C(N)N(C)C)c1.Cc1cccc(N2CCOCC2)c1N=C(N)N(C)C. The fourth-order valence-corrected chi connectivity index (χ4v) is 6.12. The molecule has 0 radical (unpaired) electrons. The number of aliphatic imine (C=N–C) groups is 3. The summed E-state index contributed by atoms with van der Waals surface area (Å²) in [5.74, 6) is 1.50. The van der Waals surface area contributed by atoms with Gasteiger partial charge in [-0.25, -0.2) is 15.0 Å². The fraction of sp³-hybridized carbons (Fsp3) is 0.488. The summed E-state index contributed by atoms with van der Waals surface area (Å²) < 4.78 is 16.2. The normalized spacial score (nSPS) is 16.6. The van der Waals surface area contributed by atoms with Gasteiger partial charge in [0.15, 0.2) is 17.9 Å². The third-order valence-corrected chi connectivity index (χ3v) is 9.65. The Morgan fingerprint density at radius 2 is 1.00 bits per heavy atom. The third kappa shape index (κ3) is 13.6. The van der Waals surface area contributed by atoms with E-state index in [1.807, 2.05) is 70.3 Å². The topological polar surface area (TPSA) is 162 Å². The number of hydrogen-bond acceptors (Lipinski definition) is 9. The average Bonchev–Trinajstić information content (AvgIpc) is 3.20. The van der Waals surface area contributed by atoms with E-state index in [4.69, 9.17) is 43.0 Å². The first kappa shape index (κ1) is 44.8. The maximum absolute atomic E-state index is 6.09. The van der Waals surface area contributed by atoms with Crippen molar-refractivity contribution in [1.29, 1.82) is 0 Å². The number of ether oxygens (including phenoxy) is 3. The molecule has 0 unspecified atom stereocenters. The van der Waals surface area contributed by atoms with Crippen LogP contribution >= 0.6 is 11.6 Å². The number of benzene rings is 3. The van der Waals surface area contributed by atoms with E-state index in [1.165, 1.54) is 5.56 Å². The Labute approximate surface area is 344 Å². The molecule has 312 valence electrons. The summed E-state index contributed by atoms with van der Waals surface area (Å²) in [6.45, 7) is 13.9. The third-order valence-electron chi connectivity index (χ3n) is 9.41. The van der Waals surface area contributed by atoms with Crippen molar-refractivity contribution in [2.24, 2.45) is 32.2 Å². The van der Waals surface area contributed by atoms with Gasteiger partial charge in [0.2, 0.25) is 0 Å². The zero-order valence-electron chi connectivity index (χ0n) is 35.0. The van der Waals surface area contributed by atoms with E-state index in [0.717, 1.165) is 119 Å². The van der Waals surface area contributed by atoms with Crippen LogP contribution in [0.4, 0.5) is 34.1 Å². The minimum absolute atomic E-state index is 0.469. The molecular weight excluding hydrogens is 744 g/mol. The molecule has 16 heteroatoms. The molecule has 0 bridgehead atoms. The van der Waals surface area contributed by atoms with Crippen LogP contribution in [-0.4, -0.2) is 154 Å². The lowest BCUT2D eigenvalue weighted by Gasteiger charge is -2.30. The molecule has 3 fully saturated rings. The molecule has 3 aromatic carbocycles. The molecule has 3 aromatic rings. The standard InChI is InChI=1S/2C14H22N4O.C13H19ClN4O/c1-11-4-5-13(18-6-8-19-9-7-18)12(10-11)16-14(15)17(2)3;1-11-5-4-6-12(18-7-9-19-10-8-18)13(11)16-14(15)17(2)3;1-17(2)13(15)16-11-4-3-10(14)9-12(11)18-5-7-19-8-6-18/h4-5,10H,6-9H2,1-3H3,(H2,15,16);4-6H,7-10H2,1-3H3,(H2,15,16);3-4,9H,5-8H2,1-2H3,(H2,15,16). The van der Waals surface area contributed by atoms with Gasteiger partial charge < -0.3 is 60.8 Å². The molecule has 0 saturated carbocycles. The summed E-state index contributed by atoms with van der Waals surface area (Å²) in [5.41, 5.74) is 26.0. The Balaban J connectivity index is 0.000000189. The van der Waals surface area contributed by atoms with Crippen molar-refractivity contribution in [3.63, 3.8) is 0 Å². The molecule has 6 rings (SSSR count). The van der Waals surface area contributed by atoms with Crippen molar-refractivity contribution in [2.45, 2.75) is 13.8 Å². The Hall–Kier alpha value is -4.96. The maximum Gasteiger partial charge on any atom is 0.196 e. The van der Waals surface area contributed by atoms with Gasteiger partial charge >= 0.3 is 0 Å². The van der Waals surface area contributed by atoms with Crippen LogP contribution in [-0.2, 0) is 14.2 Å². The first-order valence-electron chi connectivity index (χ1n) is 19.3. The Morgan fingerprint density at radius 3 is 1.51 bits per heavy atom. The van der Waals surface area contributed by atoms with Gasteiger partial charge in [0, 0.05) is 86.6 Å². The first-order chi connectivity index (χ1) is 27.2. The van der Waals surface area contributed by atoms with Crippen LogP contribution in [0.5, 0.6) is 0 Å². The molecule has 15 nitrogen and oxygen atoms in total. The predicted molar refractivity (Wildman–Crippen MR) is 238 cm³/mol. The lowest BCUT2D eigenvalue weighted by atomic mass is 10.1. The second kappa shape index (κ2) is 22.1. The van der Waals surface area contributed by atoms with E-state index in [-0.39, 0.29) is 0 Å². The summed E-state index contributed by atoms with van der Waals surface area (Å²) >= 11 is 6.09. The van der Waals surface area contributed by atoms with Crippen LogP contribution < -0.4 is 31.9 Å². The van der Waals surface area contributed by atoms with Gasteiger partial charge in [0.1, 0.15) is 0 Å². The summed E-state index contributed by atoms with van der Waals surface area (Å²) in [7, 11) is 11.3. The zero-order valence-corrected chi connectivity index (χ0v) is 35.8. The zero-order chi connectivity index (χ0) is 41.5. The second-order valence-corrected chi connectivity index (χ2v) is 14.9. The number of nitrogens with zero attached hydrogens (tertiary/aromatic N) is 9. The number of para-hydroxylation sites is 1. The average molecular weight is 807 g/mol. The number of morpholine rings is 3. The number of nitrogens with two attached hydrogens (primary N) is 3. The Kier molecular flexibility index (Phi) is 17.4. The quantitative estimate of drug-likeness (QED) is 0.239. The van der Waals surface area contributed by atoms with E-state index in [1.54, 1.807) is 4.90 Å². The molecule has 0 aromatic heterocycles. The second-order valence-electron chi connectivity index (χ2n) is 14.5. The van der Waals surface area contributed by atoms with Crippen LogP contribution in [0.1, 0.15) is 11.1 Å². The van der Waals surface area contributed by atoms with Crippen molar-refractivity contribution < 1.29 is 14.2 Å². The molecule has 0 atom stereocenters. The fourth-order valence-electron chi connectivity index (χ4n) is 5.95. The van der Waals surface area contributed by atoms with E-state index < -0.39 is 0 Å². The minimum Gasteiger partial charge on any atom is -0.378 e. The van der Waals surface area contributed by atoms with Crippen LogP contribution in [0.25, 0.3) is 0 Å². The number of guanidine groups is 3. The van der Waals surface area contributed by atoms with Crippen LogP contribution in [0.2, 0.25) is 5.02 Å². The monoisotopic (exact) mass is 806 g/mol. The van der Waals surface area contributed by atoms with Gasteiger partial charge in [0.05, 0.1) is 73.8 Å². The van der Waals surface area contributed by atoms with E-state index >= 15 is 0 Å². The van der Waals surface area contributed by atoms with Crippen molar-refractivity contribution in [3.05, 3.63) is 70.7 Å². The first-order valence-corrected chi connectivity index (χ1v) is 19.6. The molecule has 0 aliphatic carbocycles. The maximum atomic E-state index is 6.09. The predicted octanol–water partition coefficient (Wildman–Crippen LogP) is 4.36. The summed E-state index contributed by atoms with van der Waals surface area (Å²) in [6, 6.07) is 18.2. The van der Waals surface area contributed by atoms with E-state index in [9.17, 15) is 0 Å². The van der Waals surface area contributed by atoms with Crippen LogP contribution in [0.15, 0.2) is 69.6 Å². The molecule has 3 heterocycles. The lowest BCUT2D eigenvalue weighted by Crippen LogP contribution is -2.36. The highest BCUT2D eigenvalue weighted by Crippen LogP contribution is 2.34. The number of halogens is 1. The molecule has 0 spiro atoms. The van der Waals surface area contributed by atoms with Gasteiger partial charge in [-0.1, -0.05) is 29.8 Å². The number of rotatable bonds is 6. The number of aryl methyl sites for hydroxylation is 2. The van der Waals surface area contributed by atoms with Gasteiger partial charge in [-0.05, 0) is 61.4 Å². The van der Waals surface area contributed by atoms with E-state index in [0.29, 0.717) is 22.9 Å². The number of hydrogen-bond donors (Lipinski definition) is 3. The smallest absolute Gasteiger partial charge is 0.196 e. The summed E-state index contributed by atoms with van der Waals surface area (Å²) in [4.78, 5) is 25.8. The highest BCUT2D eigenvalue weighted by atomic mass is 35.5. The molecule has 3 aliphatic rings. The molecule has 3 aliphatic heterocycles. The summed E-state index contributed by atoms with van der Waals surface area (Å²) in [5, 5.41) is 0.698. The Bertz CT molecular complexity index is 1800. The van der Waals surface area contributed by atoms with Crippen molar-refractivity contribution >= 4 is 63.6 Å². The number of anilines is 3. The van der Waals surface area contributed by atoms with Gasteiger partial charge in [-0.2, -0.15) is 0 Å². The van der Waals surface area contributed by atoms with E-state index in [2.05, 4.69) is 79.9 Å². The van der Waals surface area contributed by atoms with Gasteiger partial charge in [-0.15, -0.1) is 0 Å². The van der Waals surface area contributed by atoms with Crippen LogP contribution in [0, 0.1) is 13.8 Å². The highest BCUT2D eigenvalue weighted by Gasteiger charge is 2.18. The highest BCUT2D eigenvalue weighted by molar-refractivity contribution is 6.31. The molecule has 57 heavy (non-hydrogen) atoms. The molecular formula is C41H63ClN12O3.